The van der Waals surface area contributed by atoms with Crippen molar-refractivity contribution >= 4 is 55.6 Å². The lowest BCUT2D eigenvalue weighted by Gasteiger charge is -2.24. The van der Waals surface area contributed by atoms with Gasteiger partial charge in [0, 0.05) is 16.0 Å². The van der Waals surface area contributed by atoms with Crippen LogP contribution in [0, 0.1) is 0 Å². The molecule has 8 nitrogen and oxygen atoms in total. The van der Waals surface area contributed by atoms with Gasteiger partial charge in [-0.1, -0.05) is 23.4 Å². The third-order valence-electron chi connectivity index (χ3n) is 5.16. The Morgan fingerprint density at radius 3 is 2.59 bits per heavy atom. The molecule has 2 aromatic rings. The molecule has 11 heteroatoms. The summed E-state index contributed by atoms with van der Waals surface area (Å²) in [5.41, 5.74) is 1.21. The molecular weight excluding hydrogens is 474 g/mol. The Balaban J connectivity index is 1.58. The lowest BCUT2D eigenvalue weighted by Crippen LogP contribution is -2.36. The number of rotatable bonds is 6. The summed E-state index contributed by atoms with van der Waals surface area (Å²) in [5.74, 6) is 1.01. The molecule has 2 atom stereocenters. The number of nitrogens with one attached hydrogen (secondary N) is 1. The summed E-state index contributed by atoms with van der Waals surface area (Å²) in [7, 11) is 0.0212. The molecule has 0 aromatic heterocycles. The standard InChI is InChI=1S/C21H22ClN3O5S2/c1-29-15-6-4-14(5-7-15)25(21-24-17-11-32(27,28)12-19(17)31-21)10-20(26)23-16-9-13(22)3-8-18(16)30-2/h3-9,17,19H,10-12H2,1-2H3,(H,23,26)/t17-,19-/m1/s1. The predicted octanol–water partition coefficient (Wildman–Crippen LogP) is 3.07. The summed E-state index contributed by atoms with van der Waals surface area (Å²) >= 11 is 7.46. The number of amides is 1. The van der Waals surface area contributed by atoms with Crippen LogP contribution in [0.2, 0.25) is 5.02 Å². The largest absolute Gasteiger partial charge is 0.497 e. The second kappa shape index (κ2) is 9.21. The van der Waals surface area contributed by atoms with Crippen molar-refractivity contribution in [1.29, 1.82) is 0 Å². The van der Waals surface area contributed by atoms with Crippen LogP contribution < -0.4 is 19.7 Å². The number of fused-ring (bicyclic) bond motifs is 1. The highest BCUT2D eigenvalue weighted by Crippen LogP contribution is 2.37. The van der Waals surface area contributed by atoms with Gasteiger partial charge in [-0.15, -0.1) is 0 Å². The van der Waals surface area contributed by atoms with Crippen molar-refractivity contribution in [3.63, 3.8) is 0 Å². The first-order valence-electron chi connectivity index (χ1n) is 9.78. The Morgan fingerprint density at radius 1 is 1.19 bits per heavy atom. The molecule has 32 heavy (non-hydrogen) atoms. The normalized spacial score (nSPS) is 20.9. The van der Waals surface area contributed by atoms with Crippen LogP contribution in [-0.4, -0.2) is 63.1 Å². The highest BCUT2D eigenvalue weighted by molar-refractivity contribution is 8.15. The molecule has 4 rings (SSSR count). The van der Waals surface area contributed by atoms with E-state index >= 15 is 0 Å². The number of carbonyl (C=O) groups is 1. The fraction of sp³-hybridized carbons (Fsp3) is 0.333. The first kappa shape index (κ1) is 22.8. The number of aliphatic imine (C=N–C) groups is 1. The van der Waals surface area contributed by atoms with Gasteiger partial charge in [-0.25, -0.2) is 8.42 Å². The first-order valence-corrected chi connectivity index (χ1v) is 12.9. The average molecular weight is 496 g/mol. The van der Waals surface area contributed by atoms with Crippen LogP contribution >= 0.6 is 23.4 Å². The second-order valence-corrected chi connectivity index (χ2v) is 11.2. The molecule has 2 aromatic carbocycles. The maximum Gasteiger partial charge on any atom is 0.244 e. The maximum atomic E-state index is 13.0. The quantitative estimate of drug-likeness (QED) is 0.657. The van der Waals surface area contributed by atoms with Gasteiger partial charge in [0.1, 0.15) is 18.0 Å². The highest BCUT2D eigenvalue weighted by atomic mass is 35.5. The van der Waals surface area contributed by atoms with Gasteiger partial charge in [-0.3, -0.25) is 9.79 Å². The lowest BCUT2D eigenvalue weighted by molar-refractivity contribution is -0.114. The van der Waals surface area contributed by atoms with E-state index in [0.29, 0.717) is 27.4 Å². The van der Waals surface area contributed by atoms with E-state index in [9.17, 15) is 13.2 Å². The third kappa shape index (κ3) is 4.97. The fourth-order valence-corrected chi connectivity index (χ4v) is 7.57. The maximum absolute atomic E-state index is 13.0. The van der Waals surface area contributed by atoms with Crippen LogP contribution in [0.15, 0.2) is 47.5 Å². The zero-order chi connectivity index (χ0) is 22.9. The van der Waals surface area contributed by atoms with E-state index in [-0.39, 0.29) is 35.2 Å². The van der Waals surface area contributed by atoms with Gasteiger partial charge in [-0.2, -0.15) is 0 Å². The van der Waals surface area contributed by atoms with Gasteiger partial charge >= 0.3 is 0 Å². The Labute approximate surface area is 195 Å². The monoisotopic (exact) mass is 495 g/mol. The van der Waals surface area contributed by atoms with E-state index < -0.39 is 9.84 Å². The van der Waals surface area contributed by atoms with E-state index in [1.165, 1.54) is 18.9 Å². The third-order valence-corrected chi connectivity index (χ3v) is 8.64. The summed E-state index contributed by atoms with van der Waals surface area (Å²) in [6.45, 7) is -0.0278. The lowest BCUT2D eigenvalue weighted by atomic mass is 10.2. The summed E-state index contributed by atoms with van der Waals surface area (Å²) in [6, 6.07) is 11.9. The number of halogens is 1. The number of methoxy groups -OCH3 is 2. The van der Waals surface area contributed by atoms with Gasteiger partial charge in [0.25, 0.3) is 0 Å². The summed E-state index contributed by atoms with van der Waals surface area (Å²) in [4.78, 5) is 19.4. The number of hydrogen-bond donors (Lipinski definition) is 1. The number of thioether (sulfide) groups is 1. The Hall–Kier alpha value is -2.43. The van der Waals surface area contributed by atoms with E-state index in [2.05, 4.69) is 10.3 Å². The van der Waals surface area contributed by atoms with Crippen LogP contribution in [0.25, 0.3) is 0 Å². The van der Waals surface area contributed by atoms with Crippen molar-refractivity contribution < 1.29 is 22.7 Å². The number of amidine groups is 1. The molecule has 1 amide bonds. The molecule has 2 heterocycles. The molecule has 0 bridgehead atoms. The van der Waals surface area contributed by atoms with Gasteiger partial charge in [0.05, 0.1) is 37.5 Å². The van der Waals surface area contributed by atoms with E-state index in [1.807, 2.05) is 12.1 Å². The molecule has 0 unspecified atom stereocenters. The molecule has 0 radical (unpaired) electrons. The smallest absolute Gasteiger partial charge is 0.244 e. The van der Waals surface area contributed by atoms with E-state index in [4.69, 9.17) is 21.1 Å². The number of hydrogen-bond acceptors (Lipinski definition) is 8. The molecule has 0 aliphatic carbocycles. The zero-order valence-electron chi connectivity index (χ0n) is 17.4. The van der Waals surface area contributed by atoms with E-state index in [0.717, 1.165) is 5.69 Å². The zero-order valence-corrected chi connectivity index (χ0v) is 19.8. The number of sulfone groups is 1. The number of carbonyl (C=O) groups excluding carboxylic acids is 1. The topological polar surface area (TPSA) is 97.3 Å². The highest BCUT2D eigenvalue weighted by Gasteiger charge is 2.44. The fourth-order valence-electron chi connectivity index (χ4n) is 3.61. The van der Waals surface area contributed by atoms with Crippen molar-refractivity contribution in [3.05, 3.63) is 47.5 Å². The number of nitrogens with zero attached hydrogens (tertiary/aromatic N) is 2. The van der Waals surface area contributed by atoms with Crippen LogP contribution in [-0.2, 0) is 14.6 Å². The second-order valence-electron chi connectivity index (χ2n) is 7.39. The first-order chi connectivity index (χ1) is 15.3. The van der Waals surface area contributed by atoms with Gasteiger partial charge in [-0.05, 0) is 42.5 Å². The van der Waals surface area contributed by atoms with Crippen LogP contribution in [0.3, 0.4) is 0 Å². The molecular formula is C21H22ClN3O5S2. The minimum Gasteiger partial charge on any atom is -0.497 e. The van der Waals surface area contributed by atoms with Crippen LogP contribution in [0.5, 0.6) is 11.5 Å². The number of ether oxygens (including phenoxy) is 2. The molecule has 0 saturated carbocycles. The van der Waals surface area contributed by atoms with Gasteiger partial charge in [0.15, 0.2) is 15.0 Å². The Kier molecular flexibility index (Phi) is 6.55. The minimum absolute atomic E-state index is 0.0278. The van der Waals surface area contributed by atoms with Crippen molar-refractivity contribution in [2.45, 2.75) is 11.3 Å². The van der Waals surface area contributed by atoms with Crippen molar-refractivity contribution in [2.75, 3.05) is 42.5 Å². The molecule has 170 valence electrons. The molecule has 1 fully saturated rings. The molecule has 2 aliphatic rings. The number of benzene rings is 2. The Morgan fingerprint density at radius 2 is 1.94 bits per heavy atom. The van der Waals surface area contributed by atoms with Gasteiger partial charge in [0.2, 0.25) is 5.91 Å². The summed E-state index contributed by atoms with van der Waals surface area (Å²) in [6.07, 6.45) is 0. The summed E-state index contributed by atoms with van der Waals surface area (Å²) in [5, 5.41) is 3.79. The van der Waals surface area contributed by atoms with E-state index in [1.54, 1.807) is 42.3 Å². The number of anilines is 2. The molecule has 1 N–H and O–H groups in total. The summed E-state index contributed by atoms with van der Waals surface area (Å²) < 4.78 is 34.4. The Bertz CT molecular complexity index is 1150. The average Bonchev–Trinajstić information content (AvgIpc) is 3.25. The van der Waals surface area contributed by atoms with Gasteiger partial charge < -0.3 is 19.7 Å². The van der Waals surface area contributed by atoms with Crippen molar-refractivity contribution in [2.24, 2.45) is 4.99 Å². The minimum atomic E-state index is -3.07. The molecule has 1 saturated heterocycles. The van der Waals surface area contributed by atoms with Crippen LogP contribution in [0.4, 0.5) is 11.4 Å². The molecule has 0 spiro atoms. The molecule has 2 aliphatic heterocycles. The van der Waals surface area contributed by atoms with Crippen molar-refractivity contribution in [3.8, 4) is 11.5 Å². The predicted molar refractivity (Wildman–Crippen MR) is 128 cm³/mol. The van der Waals surface area contributed by atoms with Crippen LogP contribution in [0.1, 0.15) is 0 Å². The van der Waals surface area contributed by atoms with Crippen molar-refractivity contribution in [1.82, 2.24) is 0 Å². The SMILES string of the molecule is COc1ccc(N(CC(=O)Nc2cc(Cl)ccc2OC)C2=N[C@@H]3CS(=O)(=O)C[C@H]3S2)cc1.